The first-order valence-electron chi connectivity index (χ1n) is 5.51. The molecule has 0 saturated heterocycles. The maximum atomic E-state index is 6.22. The molecule has 0 spiro atoms. The highest BCUT2D eigenvalue weighted by atomic mass is 35.5. The van der Waals surface area contributed by atoms with Crippen LogP contribution in [-0.2, 0) is 5.75 Å². The Morgan fingerprint density at radius 1 is 1.44 bits per heavy atom. The maximum Gasteiger partial charge on any atom is 0.0464 e. The summed E-state index contributed by atoms with van der Waals surface area (Å²) in [5.41, 5.74) is 2.53. The molecule has 0 aromatic heterocycles. The molecule has 1 nitrogen and oxygen atoms in total. The minimum Gasteiger partial charge on any atom is -0.309 e. The summed E-state index contributed by atoms with van der Waals surface area (Å²) in [4.78, 5) is 0. The van der Waals surface area contributed by atoms with E-state index in [2.05, 4.69) is 18.3 Å². The van der Waals surface area contributed by atoms with Crippen LogP contribution >= 0.6 is 35.0 Å². The Morgan fingerprint density at radius 2 is 2.25 bits per heavy atom. The van der Waals surface area contributed by atoms with Gasteiger partial charge in [-0.3, -0.25) is 0 Å². The first-order valence-corrected chi connectivity index (χ1v) is 7.42. The quantitative estimate of drug-likeness (QED) is 0.884. The van der Waals surface area contributed by atoms with E-state index in [0.717, 1.165) is 34.5 Å². The van der Waals surface area contributed by atoms with Crippen molar-refractivity contribution in [3.63, 3.8) is 0 Å². The maximum absolute atomic E-state index is 6.22. The first-order chi connectivity index (χ1) is 7.72. The number of nitrogens with one attached hydrogen (secondary N) is 1. The summed E-state index contributed by atoms with van der Waals surface area (Å²) in [7, 11) is 0. The van der Waals surface area contributed by atoms with E-state index in [1.165, 1.54) is 11.1 Å². The predicted octanol–water partition coefficient (Wildman–Crippen LogP) is 4.28. The highest BCUT2D eigenvalue weighted by Crippen LogP contribution is 2.37. The Hall–Kier alpha value is 0.110. The lowest BCUT2D eigenvalue weighted by atomic mass is 10.0. The van der Waals surface area contributed by atoms with Crippen molar-refractivity contribution >= 4 is 35.0 Å². The average molecular weight is 276 g/mol. The topological polar surface area (TPSA) is 12.0 Å². The third-order valence-corrected chi connectivity index (χ3v) is 4.36. The zero-order valence-corrected chi connectivity index (χ0v) is 11.6. The first kappa shape index (κ1) is 12.6. The minimum atomic E-state index is 0.393. The molecule has 1 aliphatic rings. The number of thioether (sulfide) groups is 1. The molecule has 4 heteroatoms. The molecule has 1 heterocycles. The van der Waals surface area contributed by atoms with Crippen molar-refractivity contribution < 1.29 is 0 Å². The summed E-state index contributed by atoms with van der Waals surface area (Å²) in [6, 6.07) is 4.28. The van der Waals surface area contributed by atoms with Gasteiger partial charge in [-0.05, 0) is 36.2 Å². The molecule has 16 heavy (non-hydrogen) atoms. The van der Waals surface area contributed by atoms with Gasteiger partial charge in [0.1, 0.15) is 0 Å². The Bertz CT molecular complexity index is 382. The molecule has 0 radical (unpaired) electrons. The van der Waals surface area contributed by atoms with Crippen LogP contribution in [0.1, 0.15) is 30.5 Å². The SMILES string of the molecule is CCCNC1CSCc2c(Cl)cc(Cl)cc21. The average Bonchev–Trinajstić information content (AvgIpc) is 2.26. The van der Waals surface area contributed by atoms with Crippen LogP contribution in [0.5, 0.6) is 0 Å². The fourth-order valence-electron chi connectivity index (χ4n) is 1.94. The number of rotatable bonds is 3. The van der Waals surface area contributed by atoms with Crippen LogP contribution < -0.4 is 5.32 Å². The number of benzene rings is 1. The Morgan fingerprint density at radius 3 is 3.00 bits per heavy atom. The monoisotopic (exact) mass is 275 g/mol. The van der Waals surface area contributed by atoms with Crippen molar-refractivity contribution in [2.45, 2.75) is 25.1 Å². The van der Waals surface area contributed by atoms with Gasteiger partial charge in [0.2, 0.25) is 0 Å². The second kappa shape index (κ2) is 5.63. The number of hydrogen-bond donors (Lipinski definition) is 1. The molecular formula is C12H15Cl2NS. The molecule has 1 aromatic carbocycles. The molecule has 0 aliphatic carbocycles. The summed E-state index contributed by atoms with van der Waals surface area (Å²) in [6.45, 7) is 3.21. The molecule has 0 bridgehead atoms. The Balaban J connectivity index is 2.30. The van der Waals surface area contributed by atoms with E-state index in [9.17, 15) is 0 Å². The van der Waals surface area contributed by atoms with Gasteiger partial charge in [0, 0.05) is 27.6 Å². The van der Waals surface area contributed by atoms with E-state index in [0.29, 0.717) is 6.04 Å². The van der Waals surface area contributed by atoms with E-state index in [4.69, 9.17) is 23.2 Å². The molecule has 1 atom stereocenters. The number of halogens is 2. The second-order valence-electron chi connectivity index (χ2n) is 3.98. The lowest BCUT2D eigenvalue weighted by Crippen LogP contribution is -2.27. The predicted molar refractivity (Wildman–Crippen MR) is 73.7 cm³/mol. The standard InChI is InChI=1S/C12H15Cl2NS/c1-2-3-15-12-7-16-6-10-9(12)4-8(13)5-11(10)14/h4-5,12,15H,2-3,6-7H2,1H3. The fraction of sp³-hybridized carbons (Fsp3) is 0.500. The van der Waals surface area contributed by atoms with Crippen molar-refractivity contribution in [3.8, 4) is 0 Å². The van der Waals surface area contributed by atoms with E-state index >= 15 is 0 Å². The Labute approximate surface area is 111 Å². The van der Waals surface area contributed by atoms with E-state index in [-0.39, 0.29) is 0 Å². The molecular weight excluding hydrogens is 261 g/mol. The summed E-state index contributed by atoms with van der Waals surface area (Å²) >= 11 is 14.2. The van der Waals surface area contributed by atoms with E-state index in [1.807, 2.05) is 17.8 Å². The van der Waals surface area contributed by atoms with Gasteiger partial charge in [-0.25, -0.2) is 0 Å². The second-order valence-corrected chi connectivity index (χ2v) is 5.85. The van der Waals surface area contributed by atoms with Crippen molar-refractivity contribution in [3.05, 3.63) is 33.3 Å². The lowest BCUT2D eigenvalue weighted by molar-refractivity contribution is 0.571. The molecule has 1 aromatic rings. The summed E-state index contributed by atoms with van der Waals surface area (Å²) in [5, 5.41) is 5.08. The molecule has 1 N–H and O–H groups in total. The van der Waals surface area contributed by atoms with Gasteiger partial charge in [-0.15, -0.1) is 0 Å². The zero-order chi connectivity index (χ0) is 11.5. The van der Waals surface area contributed by atoms with Crippen LogP contribution in [0.15, 0.2) is 12.1 Å². The van der Waals surface area contributed by atoms with Crippen LogP contribution in [0.2, 0.25) is 10.0 Å². The number of hydrogen-bond acceptors (Lipinski definition) is 2. The smallest absolute Gasteiger partial charge is 0.0464 e. The molecule has 1 unspecified atom stereocenters. The highest BCUT2D eigenvalue weighted by Gasteiger charge is 2.22. The van der Waals surface area contributed by atoms with Crippen molar-refractivity contribution in [1.82, 2.24) is 5.32 Å². The summed E-state index contributed by atoms with van der Waals surface area (Å²) in [6.07, 6.45) is 1.14. The van der Waals surface area contributed by atoms with Crippen molar-refractivity contribution in [1.29, 1.82) is 0 Å². The molecule has 0 fully saturated rings. The minimum absolute atomic E-state index is 0.393. The van der Waals surface area contributed by atoms with E-state index < -0.39 is 0 Å². The molecule has 0 saturated carbocycles. The van der Waals surface area contributed by atoms with E-state index in [1.54, 1.807) is 0 Å². The van der Waals surface area contributed by atoms with Crippen LogP contribution in [0, 0.1) is 0 Å². The van der Waals surface area contributed by atoms with Crippen LogP contribution in [0.4, 0.5) is 0 Å². The zero-order valence-electron chi connectivity index (χ0n) is 9.22. The molecule has 88 valence electrons. The molecule has 2 rings (SSSR count). The van der Waals surface area contributed by atoms with Gasteiger partial charge in [0.15, 0.2) is 0 Å². The van der Waals surface area contributed by atoms with Crippen molar-refractivity contribution in [2.75, 3.05) is 12.3 Å². The van der Waals surface area contributed by atoms with Crippen LogP contribution in [-0.4, -0.2) is 12.3 Å². The van der Waals surface area contributed by atoms with Gasteiger partial charge in [0.05, 0.1) is 0 Å². The number of fused-ring (bicyclic) bond motifs is 1. The van der Waals surface area contributed by atoms with Crippen LogP contribution in [0.25, 0.3) is 0 Å². The van der Waals surface area contributed by atoms with Gasteiger partial charge in [-0.1, -0.05) is 30.1 Å². The van der Waals surface area contributed by atoms with Crippen LogP contribution in [0.3, 0.4) is 0 Å². The normalized spacial score (nSPS) is 19.6. The fourth-order valence-corrected chi connectivity index (χ4v) is 3.78. The highest BCUT2D eigenvalue weighted by molar-refractivity contribution is 7.98. The van der Waals surface area contributed by atoms with Crippen molar-refractivity contribution in [2.24, 2.45) is 0 Å². The van der Waals surface area contributed by atoms with Gasteiger partial charge >= 0.3 is 0 Å². The lowest BCUT2D eigenvalue weighted by Gasteiger charge is -2.27. The van der Waals surface area contributed by atoms with Gasteiger partial charge < -0.3 is 5.32 Å². The largest absolute Gasteiger partial charge is 0.309 e. The van der Waals surface area contributed by atoms with Gasteiger partial charge in [0.25, 0.3) is 0 Å². The summed E-state index contributed by atoms with van der Waals surface area (Å²) < 4.78 is 0. The third kappa shape index (κ3) is 2.67. The molecule has 0 amide bonds. The third-order valence-electron chi connectivity index (χ3n) is 2.74. The van der Waals surface area contributed by atoms with Gasteiger partial charge in [-0.2, -0.15) is 11.8 Å². The summed E-state index contributed by atoms with van der Waals surface area (Å²) in [5.74, 6) is 2.10. The molecule has 1 aliphatic heterocycles. The Kier molecular flexibility index (Phi) is 4.42.